The summed E-state index contributed by atoms with van der Waals surface area (Å²) in [5.41, 5.74) is 5.81. The SMILES string of the molecule is CCc1ccc(C(=O)N2CCOC(C(C)N)C2)o1. The van der Waals surface area contributed by atoms with Crippen molar-refractivity contribution >= 4 is 5.91 Å². The maximum absolute atomic E-state index is 12.2. The number of carbonyl (C=O) groups is 1. The highest BCUT2D eigenvalue weighted by Crippen LogP contribution is 2.15. The quantitative estimate of drug-likeness (QED) is 0.872. The normalized spacial score (nSPS) is 21.9. The van der Waals surface area contributed by atoms with Crippen LogP contribution >= 0.6 is 0 Å². The van der Waals surface area contributed by atoms with E-state index >= 15 is 0 Å². The fourth-order valence-electron chi connectivity index (χ4n) is 2.02. The van der Waals surface area contributed by atoms with E-state index in [9.17, 15) is 4.79 Å². The van der Waals surface area contributed by atoms with Gasteiger partial charge in [-0.2, -0.15) is 0 Å². The number of hydrogen-bond acceptors (Lipinski definition) is 4. The molecule has 1 amide bonds. The Morgan fingerprint density at radius 3 is 3.00 bits per heavy atom. The molecule has 0 radical (unpaired) electrons. The minimum Gasteiger partial charge on any atom is -0.456 e. The van der Waals surface area contributed by atoms with Crippen LogP contribution in [0, 0.1) is 0 Å². The van der Waals surface area contributed by atoms with Crippen LogP contribution in [0.15, 0.2) is 16.5 Å². The third-order valence-corrected chi connectivity index (χ3v) is 3.19. The maximum atomic E-state index is 12.2. The number of nitrogens with zero attached hydrogens (tertiary/aromatic N) is 1. The van der Waals surface area contributed by atoms with Crippen LogP contribution in [0.3, 0.4) is 0 Å². The Hall–Kier alpha value is -1.33. The van der Waals surface area contributed by atoms with Crippen molar-refractivity contribution in [2.24, 2.45) is 5.73 Å². The molecule has 1 aromatic rings. The predicted octanol–water partition coefficient (Wildman–Crippen LogP) is 1.03. The fraction of sp³-hybridized carbons (Fsp3) is 0.615. The molecule has 0 spiro atoms. The molecule has 1 aliphatic rings. The zero-order valence-electron chi connectivity index (χ0n) is 10.9. The van der Waals surface area contributed by atoms with Crippen LogP contribution in [0.5, 0.6) is 0 Å². The Kier molecular flexibility index (Phi) is 4.04. The Bertz CT molecular complexity index is 414. The first kappa shape index (κ1) is 13.1. The molecule has 100 valence electrons. The lowest BCUT2D eigenvalue weighted by atomic mass is 10.1. The van der Waals surface area contributed by atoms with Crippen molar-refractivity contribution < 1.29 is 13.9 Å². The minimum atomic E-state index is -0.0942. The van der Waals surface area contributed by atoms with Gasteiger partial charge in [-0.1, -0.05) is 6.92 Å². The number of carbonyl (C=O) groups excluding carboxylic acids is 1. The lowest BCUT2D eigenvalue weighted by Gasteiger charge is -2.34. The van der Waals surface area contributed by atoms with Gasteiger partial charge in [-0.25, -0.2) is 0 Å². The molecule has 1 aliphatic heterocycles. The lowest BCUT2D eigenvalue weighted by Crippen LogP contribution is -2.51. The average molecular weight is 252 g/mol. The molecule has 5 nitrogen and oxygen atoms in total. The van der Waals surface area contributed by atoms with Gasteiger partial charge in [0, 0.05) is 25.6 Å². The number of ether oxygens (including phenoxy) is 1. The van der Waals surface area contributed by atoms with E-state index in [4.69, 9.17) is 14.9 Å². The third kappa shape index (κ3) is 2.73. The summed E-state index contributed by atoms with van der Waals surface area (Å²) in [7, 11) is 0. The van der Waals surface area contributed by atoms with Crippen molar-refractivity contribution in [1.29, 1.82) is 0 Å². The molecular formula is C13H20N2O3. The van der Waals surface area contributed by atoms with Crippen LogP contribution in [-0.4, -0.2) is 42.6 Å². The molecule has 1 fully saturated rings. The standard InChI is InChI=1S/C13H20N2O3/c1-3-10-4-5-11(18-10)13(16)15-6-7-17-12(8-15)9(2)14/h4-5,9,12H,3,6-8,14H2,1-2H3. The molecule has 2 heterocycles. The van der Waals surface area contributed by atoms with Gasteiger partial charge in [-0.05, 0) is 19.1 Å². The van der Waals surface area contributed by atoms with Crippen molar-refractivity contribution in [3.05, 3.63) is 23.7 Å². The smallest absolute Gasteiger partial charge is 0.289 e. The summed E-state index contributed by atoms with van der Waals surface area (Å²) in [6.45, 7) is 5.52. The molecule has 5 heteroatoms. The topological polar surface area (TPSA) is 68.7 Å². The average Bonchev–Trinajstić information content (AvgIpc) is 2.86. The van der Waals surface area contributed by atoms with E-state index in [-0.39, 0.29) is 18.1 Å². The predicted molar refractivity (Wildman–Crippen MR) is 67.4 cm³/mol. The van der Waals surface area contributed by atoms with Crippen LogP contribution < -0.4 is 5.73 Å². The molecule has 2 atom stereocenters. The first-order valence-electron chi connectivity index (χ1n) is 6.37. The largest absolute Gasteiger partial charge is 0.456 e. The summed E-state index contributed by atoms with van der Waals surface area (Å²) in [5.74, 6) is 1.15. The van der Waals surface area contributed by atoms with E-state index in [1.165, 1.54) is 0 Å². The monoisotopic (exact) mass is 252 g/mol. The van der Waals surface area contributed by atoms with Gasteiger partial charge in [-0.3, -0.25) is 4.79 Å². The number of aryl methyl sites for hydroxylation is 1. The molecule has 1 aromatic heterocycles. The molecule has 2 rings (SSSR count). The highest BCUT2D eigenvalue weighted by molar-refractivity contribution is 5.91. The molecule has 0 bridgehead atoms. The highest BCUT2D eigenvalue weighted by Gasteiger charge is 2.28. The van der Waals surface area contributed by atoms with Crippen molar-refractivity contribution in [2.45, 2.75) is 32.4 Å². The molecule has 18 heavy (non-hydrogen) atoms. The summed E-state index contributed by atoms with van der Waals surface area (Å²) in [6.07, 6.45) is 0.696. The van der Waals surface area contributed by atoms with Gasteiger partial charge >= 0.3 is 0 Å². The summed E-state index contributed by atoms with van der Waals surface area (Å²) in [5, 5.41) is 0. The van der Waals surface area contributed by atoms with Gasteiger partial charge in [0.1, 0.15) is 5.76 Å². The first-order chi connectivity index (χ1) is 8.61. The Morgan fingerprint density at radius 2 is 2.39 bits per heavy atom. The third-order valence-electron chi connectivity index (χ3n) is 3.19. The van der Waals surface area contributed by atoms with E-state index in [0.717, 1.165) is 12.2 Å². The summed E-state index contributed by atoms with van der Waals surface area (Å²) < 4.78 is 11.0. The molecule has 0 aliphatic carbocycles. The van der Waals surface area contributed by atoms with Gasteiger partial charge in [-0.15, -0.1) is 0 Å². The number of nitrogens with two attached hydrogens (primary N) is 1. The van der Waals surface area contributed by atoms with Crippen molar-refractivity contribution in [1.82, 2.24) is 4.90 Å². The van der Waals surface area contributed by atoms with Crippen molar-refractivity contribution in [2.75, 3.05) is 19.7 Å². The van der Waals surface area contributed by atoms with E-state index in [2.05, 4.69) is 0 Å². The van der Waals surface area contributed by atoms with Crippen LogP contribution in [0.4, 0.5) is 0 Å². The van der Waals surface area contributed by atoms with E-state index in [1.807, 2.05) is 19.9 Å². The van der Waals surface area contributed by atoms with Crippen LogP contribution in [0.1, 0.15) is 30.2 Å². The summed E-state index contributed by atoms with van der Waals surface area (Å²) in [6, 6.07) is 3.50. The molecule has 2 unspecified atom stereocenters. The Balaban J connectivity index is 2.04. The molecule has 0 saturated carbocycles. The van der Waals surface area contributed by atoms with Crippen LogP contribution in [-0.2, 0) is 11.2 Å². The zero-order chi connectivity index (χ0) is 13.1. The number of furan rings is 1. The Morgan fingerprint density at radius 1 is 1.61 bits per heavy atom. The van der Waals surface area contributed by atoms with Gasteiger partial charge in [0.2, 0.25) is 0 Å². The van der Waals surface area contributed by atoms with Crippen molar-refractivity contribution in [3.63, 3.8) is 0 Å². The van der Waals surface area contributed by atoms with Gasteiger partial charge in [0.15, 0.2) is 5.76 Å². The molecular weight excluding hydrogens is 232 g/mol. The lowest BCUT2D eigenvalue weighted by molar-refractivity contribution is -0.0308. The van der Waals surface area contributed by atoms with E-state index in [1.54, 1.807) is 11.0 Å². The first-order valence-corrected chi connectivity index (χ1v) is 6.37. The minimum absolute atomic E-state index is 0.0800. The van der Waals surface area contributed by atoms with Gasteiger partial charge in [0.05, 0.1) is 12.7 Å². The maximum Gasteiger partial charge on any atom is 0.289 e. The Labute approximate surface area is 107 Å². The van der Waals surface area contributed by atoms with Crippen LogP contribution in [0.2, 0.25) is 0 Å². The second-order valence-electron chi connectivity index (χ2n) is 4.64. The molecule has 1 saturated heterocycles. The highest BCUT2D eigenvalue weighted by atomic mass is 16.5. The van der Waals surface area contributed by atoms with Gasteiger partial charge < -0.3 is 19.8 Å². The van der Waals surface area contributed by atoms with Crippen LogP contribution in [0.25, 0.3) is 0 Å². The molecule has 0 aromatic carbocycles. The van der Waals surface area contributed by atoms with Gasteiger partial charge in [0.25, 0.3) is 5.91 Å². The van der Waals surface area contributed by atoms with E-state index < -0.39 is 0 Å². The number of hydrogen-bond donors (Lipinski definition) is 1. The number of morpholine rings is 1. The molecule has 2 N–H and O–H groups in total. The number of rotatable bonds is 3. The zero-order valence-corrected chi connectivity index (χ0v) is 10.9. The van der Waals surface area contributed by atoms with Crippen molar-refractivity contribution in [3.8, 4) is 0 Å². The second-order valence-corrected chi connectivity index (χ2v) is 4.64. The fourth-order valence-corrected chi connectivity index (χ4v) is 2.02. The summed E-state index contributed by atoms with van der Waals surface area (Å²) >= 11 is 0. The second kappa shape index (κ2) is 5.54. The number of amides is 1. The van der Waals surface area contributed by atoms with E-state index in [0.29, 0.717) is 25.5 Å². The summed E-state index contributed by atoms with van der Waals surface area (Å²) in [4.78, 5) is 14.0.